The van der Waals surface area contributed by atoms with Crippen LogP contribution in [0.1, 0.15) is 24.4 Å². The monoisotopic (exact) mass is 344 g/mol. The van der Waals surface area contributed by atoms with Gasteiger partial charge in [-0.05, 0) is 30.5 Å². The van der Waals surface area contributed by atoms with E-state index in [2.05, 4.69) is 10.4 Å². The van der Waals surface area contributed by atoms with Gasteiger partial charge in [0.25, 0.3) is 0 Å². The van der Waals surface area contributed by atoms with Crippen molar-refractivity contribution in [2.45, 2.75) is 25.4 Å². The maximum absolute atomic E-state index is 12.7. The maximum atomic E-state index is 12.7. The van der Waals surface area contributed by atoms with E-state index in [1.807, 2.05) is 35.4 Å². The lowest BCUT2D eigenvalue weighted by atomic mass is 10.0. The molecular formula is C18H24N4O3. The number of benzene rings is 1. The summed E-state index contributed by atoms with van der Waals surface area (Å²) in [6.45, 7) is 1.98. The van der Waals surface area contributed by atoms with Crippen LogP contribution in [0.3, 0.4) is 0 Å². The number of rotatable bonds is 6. The van der Waals surface area contributed by atoms with E-state index in [4.69, 9.17) is 9.47 Å². The van der Waals surface area contributed by atoms with Gasteiger partial charge in [0.05, 0.1) is 38.2 Å². The molecule has 3 rings (SSSR count). The first-order valence-corrected chi connectivity index (χ1v) is 8.44. The van der Waals surface area contributed by atoms with E-state index in [9.17, 15) is 4.79 Å². The Morgan fingerprint density at radius 3 is 3.08 bits per heavy atom. The number of anilines is 1. The molecule has 1 aliphatic heterocycles. The molecule has 2 amide bonds. The first-order valence-electron chi connectivity index (χ1n) is 8.44. The van der Waals surface area contributed by atoms with Crippen molar-refractivity contribution in [3.05, 3.63) is 42.2 Å². The van der Waals surface area contributed by atoms with Gasteiger partial charge in [-0.25, -0.2) is 4.79 Å². The summed E-state index contributed by atoms with van der Waals surface area (Å²) in [5, 5.41) is 7.16. The van der Waals surface area contributed by atoms with Crippen LogP contribution in [0.5, 0.6) is 5.75 Å². The van der Waals surface area contributed by atoms with Gasteiger partial charge in [0.15, 0.2) is 0 Å². The Morgan fingerprint density at radius 1 is 1.40 bits per heavy atom. The molecule has 2 heterocycles. The molecular weight excluding hydrogens is 320 g/mol. The lowest BCUT2D eigenvalue weighted by Gasteiger charge is -2.25. The van der Waals surface area contributed by atoms with E-state index >= 15 is 0 Å². The van der Waals surface area contributed by atoms with Crippen molar-refractivity contribution in [1.82, 2.24) is 14.7 Å². The molecule has 1 aromatic carbocycles. The molecule has 0 radical (unpaired) electrons. The number of nitrogens with zero attached hydrogens (tertiary/aromatic N) is 3. The lowest BCUT2D eigenvalue weighted by molar-refractivity contribution is 0.183. The second kappa shape index (κ2) is 8.02. The van der Waals surface area contributed by atoms with E-state index in [0.29, 0.717) is 18.8 Å². The molecule has 0 bridgehead atoms. The number of likely N-dealkylation sites (tertiary alicyclic amines) is 1. The minimum atomic E-state index is -0.100. The number of amides is 2. The van der Waals surface area contributed by atoms with Crippen molar-refractivity contribution >= 4 is 11.7 Å². The summed E-state index contributed by atoms with van der Waals surface area (Å²) in [4.78, 5) is 14.6. The second-order valence-corrected chi connectivity index (χ2v) is 6.04. The minimum absolute atomic E-state index is 0.0682. The molecule has 1 aromatic heterocycles. The molecule has 25 heavy (non-hydrogen) atoms. The number of methoxy groups -OCH3 is 2. The lowest BCUT2D eigenvalue weighted by Crippen LogP contribution is -2.34. The number of carbonyl (C=O) groups is 1. The van der Waals surface area contributed by atoms with Crippen LogP contribution in [0.4, 0.5) is 10.5 Å². The number of ether oxygens (including phenoxy) is 2. The van der Waals surface area contributed by atoms with E-state index in [0.717, 1.165) is 30.7 Å². The molecule has 1 aliphatic rings. The molecule has 1 saturated heterocycles. The third-order valence-corrected chi connectivity index (χ3v) is 4.40. The standard InChI is InChI=1S/C18H24N4O3/c1-24-10-9-21-13-15(12-19-21)20-18(23)22-8-4-7-17(22)14-5-3-6-16(11-14)25-2/h3,5-6,11-13,17H,4,7-10H2,1-2H3,(H,20,23)/t17-/m1/s1. The first-order chi connectivity index (χ1) is 12.2. The summed E-state index contributed by atoms with van der Waals surface area (Å²) in [6, 6.07) is 7.88. The summed E-state index contributed by atoms with van der Waals surface area (Å²) in [6.07, 6.45) is 5.41. The molecule has 0 saturated carbocycles. The average Bonchev–Trinajstić information content (AvgIpc) is 3.29. The SMILES string of the molecule is COCCn1cc(NC(=O)N2CCC[C@@H]2c2cccc(OC)c2)cn1. The van der Waals surface area contributed by atoms with Gasteiger partial charge in [-0.1, -0.05) is 12.1 Å². The zero-order valence-electron chi connectivity index (χ0n) is 14.6. The Balaban J connectivity index is 1.67. The van der Waals surface area contributed by atoms with Gasteiger partial charge in [0.1, 0.15) is 5.75 Å². The number of hydrogen-bond donors (Lipinski definition) is 1. The third-order valence-electron chi connectivity index (χ3n) is 4.40. The van der Waals surface area contributed by atoms with Crippen LogP contribution in [-0.2, 0) is 11.3 Å². The van der Waals surface area contributed by atoms with Crippen LogP contribution in [0.2, 0.25) is 0 Å². The Labute approximate surface area is 147 Å². The minimum Gasteiger partial charge on any atom is -0.497 e. The Hall–Kier alpha value is -2.54. The fraction of sp³-hybridized carbons (Fsp3) is 0.444. The number of urea groups is 1. The van der Waals surface area contributed by atoms with Gasteiger partial charge in [0.2, 0.25) is 0 Å². The van der Waals surface area contributed by atoms with Crippen molar-refractivity contribution in [3.63, 3.8) is 0 Å². The molecule has 1 atom stereocenters. The van der Waals surface area contributed by atoms with Crippen LogP contribution in [0, 0.1) is 0 Å². The quantitative estimate of drug-likeness (QED) is 0.875. The zero-order chi connectivity index (χ0) is 17.6. The summed E-state index contributed by atoms with van der Waals surface area (Å²) < 4.78 is 12.1. The first kappa shape index (κ1) is 17.3. The van der Waals surface area contributed by atoms with Crippen LogP contribution in [0.15, 0.2) is 36.7 Å². The summed E-state index contributed by atoms with van der Waals surface area (Å²) >= 11 is 0. The molecule has 1 N–H and O–H groups in total. The third kappa shape index (κ3) is 4.11. The zero-order valence-corrected chi connectivity index (χ0v) is 14.6. The highest BCUT2D eigenvalue weighted by molar-refractivity contribution is 5.89. The van der Waals surface area contributed by atoms with E-state index in [-0.39, 0.29) is 12.1 Å². The highest BCUT2D eigenvalue weighted by Crippen LogP contribution is 2.33. The topological polar surface area (TPSA) is 68.6 Å². The van der Waals surface area contributed by atoms with Crippen LogP contribution in [-0.4, -0.2) is 48.1 Å². The fourth-order valence-corrected chi connectivity index (χ4v) is 3.14. The van der Waals surface area contributed by atoms with Crippen LogP contribution >= 0.6 is 0 Å². The predicted octanol–water partition coefficient (Wildman–Crippen LogP) is 2.91. The Kier molecular flexibility index (Phi) is 5.55. The van der Waals surface area contributed by atoms with Crippen LogP contribution in [0.25, 0.3) is 0 Å². The molecule has 0 spiro atoms. The van der Waals surface area contributed by atoms with Crippen molar-refractivity contribution in [2.24, 2.45) is 0 Å². The largest absolute Gasteiger partial charge is 0.497 e. The molecule has 134 valence electrons. The van der Waals surface area contributed by atoms with E-state index in [1.165, 1.54) is 0 Å². The van der Waals surface area contributed by atoms with Crippen LogP contribution < -0.4 is 10.1 Å². The van der Waals surface area contributed by atoms with Gasteiger partial charge in [-0.3, -0.25) is 4.68 Å². The molecule has 7 heteroatoms. The van der Waals surface area contributed by atoms with Crippen molar-refractivity contribution < 1.29 is 14.3 Å². The van der Waals surface area contributed by atoms with Gasteiger partial charge in [-0.2, -0.15) is 5.10 Å². The Morgan fingerprint density at radius 2 is 2.28 bits per heavy atom. The molecule has 0 aliphatic carbocycles. The fourth-order valence-electron chi connectivity index (χ4n) is 3.14. The van der Waals surface area contributed by atoms with Gasteiger partial charge >= 0.3 is 6.03 Å². The van der Waals surface area contributed by atoms with Crippen molar-refractivity contribution in [3.8, 4) is 5.75 Å². The van der Waals surface area contributed by atoms with Crippen molar-refractivity contribution in [1.29, 1.82) is 0 Å². The predicted molar refractivity (Wildman–Crippen MR) is 94.8 cm³/mol. The smallest absolute Gasteiger partial charge is 0.322 e. The van der Waals surface area contributed by atoms with Gasteiger partial charge < -0.3 is 19.7 Å². The maximum Gasteiger partial charge on any atom is 0.322 e. The molecule has 7 nitrogen and oxygen atoms in total. The molecule has 2 aromatic rings. The summed E-state index contributed by atoms with van der Waals surface area (Å²) in [7, 11) is 3.30. The van der Waals surface area contributed by atoms with E-state index < -0.39 is 0 Å². The van der Waals surface area contributed by atoms with E-state index in [1.54, 1.807) is 25.1 Å². The van der Waals surface area contributed by atoms with Crippen molar-refractivity contribution in [2.75, 3.05) is 32.7 Å². The normalized spacial score (nSPS) is 16.9. The number of hydrogen-bond acceptors (Lipinski definition) is 4. The average molecular weight is 344 g/mol. The molecule has 0 unspecified atom stereocenters. The highest BCUT2D eigenvalue weighted by atomic mass is 16.5. The number of nitrogens with one attached hydrogen (secondary N) is 1. The summed E-state index contributed by atoms with van der Waals surface area (Å²) in [5.74, 6) is 0.809. The number of carbonyl (C=O) groups excluding carboxylic acids is 1. The highest BCUT2D eigenvalue weighted by Gasteiger charge is 2.30. The Bertz CT molecular complexity index is 716. The second-order valence-electron chi connectivity index (χ2n) is 6.04. The number of aromatic nitrogens is 2. The molecule has 1 fully saturated rings. The van der Waals surface area contributed by atoms with Gasteiger partial charge in [-0.15, -0.1) is 0 Å². The summed E-state index contributed by atoms with van der Waals surface area (Å²) in [5.41, 5.74) is 1.79. The van der Waals surface area contributed by atoms with Gasteiger partial charge in [0, 0.05) is 19.9 Å².